The number of benzene rings is 1. The van der Waals surface area contributed by atoms with Crippen LogP contribution in [-0.2, 0) is 0 Å². The van der Waals surface area contributed by atoms with Crippen LogP contribution in [-0.4, -0.2) is 43.6 Å². The number of nitrogens with one attached hydrogen (secondary N) is 2. The summed E-state index contributed by atoms with van der Waals surface area (Å²) in [5.41, 5.74) is 9.58. The number of hydrogen-bond donors (Lipinski definition) is 2. The van der Waals surface area contributed by atoms with Crippen molar-refractivity contribution < 1.29 is 9.53 Å². The van der Waals surface area contributed by atoms with E-state index < -0.39 is 0 Å². The lowest BCUT2D eigenvalue weighted by molar-refractivity contribution is 0.0634. The molecule has 3 rings (SSSR count). The van der Waals surface area contributed by atoms with Crippen LogP contribution in [0.3, 0.4) is 0 Å². The summed E-state index contributed by atoms with van der Waals surface area (Å²) in [5.74, 6) is 2.21. The van der Waals surface area contributed by atoms with Crippen LogP contribution in [0.5, 0.6) is 5.75 Å². The Labute approximate surface area is 151 Å². The highest BCUT2D eigenvalue weighted by Gasteiger charge is 2.36. The number of rotatable bonds is 4. The minimum Gasteiger partial charge on any atom is -0.496 e. The molecule has 0 radical (unpaired) electrons. The van der Waals surface area contributed by atoms with Crippen molar-refractivity contribution in [2.24, 2.45) is 11.8 Å². The van der Waals surface area contributed by atoms with E-state index in [1.54, 1.807) is 7.11 Å². The van der Waals surface area contributed by atoms with Crippen molar-refractivity contribution >= 4 is 5.91 Å². The number of ether oxygens (including phenoxy) is 1. The molecule has 5 heteroatoms. The molecular weight excluding hydrogens is 314 g/mol. The Balaban J connectivity index is 1.74. The van der Waals surface area contributed by atoms with Crippen molar-refractivity contribution in [2.45, 2.75) is 46.1 Å². The summed E-state index contributed by atoms with van der Waals surface area (Å²) >= 11 is 0. The summed E-state index contributed by atoms with van der Waals surface area (Å²) in [7, 11) is 1.68. The van der Waals surface area contributed by atoms with E-state index in [-0.39, 0.29) is 5.91 Å². The van der Waals surface area contributed by atoms with Crippen molar-refractivity contribution in [3.8, 4) is 5.75 Å². The molecule has 1 aromatic carbocycles. The first kappa shape index (κ1) is 18.2. The molecule has 2 aliphatic rings. The highest BCUT2D eigenvalue weighted by Crippen LogP contribution is 2.29. The van der Waals surface area contributed by atoms with Gasteiger partial charge in [0.2, 0.25) is 0 Å². The van der Waals surface area contributed by atoms with Gasteiger partial charge in [-0.05, 0) is 61.8 Å². The second kappa shape index (κ2) is 7.75. The molecule has 0 aromatic heterocycles. The van der Waals surface area contributed by atoms with E-state index in [2.05, 4.69) is 17.8 Å². The smallest absolute Gasteiger partial charge is 0.253 e. The molecule has 2 saturated heterocycles. The molecule has 2 heterocycles. The van der Waals surface area contributed by atoms with E-state index in [1.165, 1.54) is 12.8 Å². The highest BCUT2D eigenvalue weighted by atomic mass is 16.5. The number of nitrogens with zero attached hydrogens (tertiary/aromatic N) is 1. The maximum Gasteiger partial charge on any atom is 0.253 e. The van der Waals surface area contributed by atoms with Crippen LogP contribution in [0.2, 0.25) is 0 Å². The molecular formula is C20H31N3O2. The Morgan fingerprint density at radius 2 is 2.04 bits per heavy atom. The molecule has 138 valence electrons. The fourth-order valence-electron chi connectivity index (χ4n) is 4.52. The highest BCUT2D eigenvalue weighted by molar-refractivity contribution is 5.95. The molecule has 5 nitrogen and oxygen atoms in total. The van der Waals surface area contributed by atoms with Gasteiger partial charge in [-0.3, -0.25) is 15.6 Å². The summed E-state index contributed by atoms with van der Waals surface area (Å²) in [4.78, 5) is 15.1. The van der Waals surface area contributed by atoms with Crippen LogP contribution in [0.15, 0.2) is 12.1 Å². The first-order chi connectivity index (χ1) is 12.0. The predicted molar refractivity (Wildman–Crippen MR) is 99.8 cm³/mol. The van der Waals surface area contributed by atoms with Crippen molar-refractivity contribution in [2.75, 3.05) is 26.7 Å². The van der Waals surface area contributed by atoms with Gasteiger partial charge in [0, 0.05) is 31.2 Å². The molecule has 25 heavy (non-hydrogen) atoms. The summed E-state index contributed by atoms with van der Waals surface area (Å²) in [6.07, 6.45) is 3.45. The molecule has 0 spiro atoms. The standard InChI is InChI=1S/C20H31N3O2/c1-5-15-11-21-22-18(15)16-7-6-8-23(12-16)20(24)17-9-13(2)19(25-4)14(3)10-17/h9-10,15-16,18,21-22H,5-8,11-12H2,1-4H3. The van der Waals surface area contributed by atoms with E-state index in [9.17, 15) is 4.79 Å². The zero-order chi connectivity index (χ0) is 18.0. The van der Waals surface area contributed by atoms with Gasteiger partial charge in [-0.25, -0.2) is 0 Å². The number of likely N-dealkylation sites (tertiary alicyclic amines) is 1. The van der Waals surface area contributed by atoms with Crippen molar-refractivity contribution in [1.82, 2.24) is 15.8 Å². The van der Waals surface area contributed by atoms with Gasteiger partial charge in [0.15, 0.2) is 0 Å². The Hall–Kier alpha value is -1.59. The van der Waals surface area contributed by atoms with E-state index in [0.29, 0.717) is 17.9 Å². The maximum absolute atomic E-state index is 13.1. The zero-order valence-electron chi connectivity index (χ0n) is 15.9. The zero-order valence-corrected chi connectivity index (χ0v) is 15.9. The van der Waals surface area contributed by atoms with Crippen molar-refractivity contribution in [3.05, 3.63) is 28.8 Å². The number of amides is 1. The number of aryl methyl sites for hydroxylation is 2. The van der Waals surface area contributed by atoms with Crippen LogP contribution in [0.25, 0.3) is 0 Å². The Morgan fingerprint density at radius 3 is 2.68 bits per heavy atom. The molecule has 0 saturated carbocycles. The van der Waals surface area contributed by atoms with E-state index in [0.717, 1.165) is 48.5 Å². The topological polar surface area (TPSA) is 53.6 Å². The number of methoxy groups -OCH3 is 1. The quantitative estimate of drug-likeness (QED) is 0.881. The second-order valence-corrected chi connectivity index (χ2v) is 7.52. The summed E-state index contributed by atoms with van der Waals surface area (Å²) in [6.45, 7) is 8.99. The van der Waals surface area contributed by atoms with Crippen molar-refractivity contribution in [3.63, 3.8) is 0 Å². The average molecular weight is 345 g/mol. The van der Waals surface area contributed by atoms with Gasteiger partial charge in [0.05, 0.1) is 7.11 Å². The SMILES string of the molecule is CCC1CNNC1C1CCCN(C(=O)c2cc(C)c(OC)c(C)c2)C1. The van der Waals surface area contributed by atoms with Crippen LogP contribution < -0.4 is 15.6 Å². The van der Waals surface area contributed by atoms with Gasteiger partial charge >= 0.3 is 0 Å². The Bertz CT molecular complexity index is 608. The summed E-state index contributed by atoms with van der Waals surface area (Å²) < 4.78 is 5.42. The lowest BCUT2D eigenvalue weighted by Crippen LogP contribution is -2.48. The average Bonchev–Trinajstić information content (AvgIpc) is 3.09. The molecule has 2 N–H and O–H groups in total. The largest absolute Gasteiger partial charge is 0.496 e. The molecule has 0 aliphatic carbocycles. The first-order valence-corrected chi connectivity index (χ1v) is 9.48. The van der Waals surface area contributed by atoms with Gasteiger partial charge in [-0.2, -0.15) is 0 Å². The van der Waals surface area contributed by atoms with Crippen LogP contribution in [0, 0.1) is 25.7 Å². The number of piperidine rings is 1. The normalized spacial score (nSPS) is 26.7. The minimum atomic E-state index is 0.151. The number of carbonyl (C=O) groups is 1. The van der Waals surface area contributed by atoms with E-state index >= 15 is 0 Å². The lowest BCUT2D eigenvalue weighted by atomic mass is 9.83. The molecule has 3 atom stereocenters. The van der Waals surface area contributed by atoms with Crippen molar-refractivity contribution in [1.29, 1.82) is 0 Å². The van der Waals surface area contributed by atoms with E-state index in [4.69, 9.17) is 4.74 Å². The van der Waals surface area contributed by atoms with E-state index in [1.807, 2.05) is 30.9 Å². The number of hydrazine groups is 1. The minimum absolute atomic E-state index is 0.151. The van der Waals surface area contributed by atoms with Gasteiger partial charge in [-0.1, -0.05) is 13.3 Å². The van der Waals surface area contributed by atoms with Gasteiger partial charge in [-0.15, -0.1) is 0 Å². The third kappa shape index (κ3) is 3.67. The lowest BCUT2D eigenvalue weighted by Gasteiger charge is -2.37. The van der Waals surface area contributed by atoms with Crippen LogP contribution >= 0.6 is 0 Å². The number of hydrogen-bond acceptors (Lipinski definition) is 4. The fraction of sp³-hybridized carbons (Fsp3) is 0.650. The van der Waals surface area contributed by atoms with Crippen LogP contribution in [0.1, 0.15) is 47.7 Å². The predicted octanol–water partition coefficient (Wildman–Crippen LogP) is 2.67. The molecule has 3 unspecified atom stereocenters. The summed E-state index contributed by atoms with van der Waals surface area (Å²) in [5, 5.41) is 0. The van der Waals surface area contributed by atoms with Crippen LogP contribution in [0.4, 0.5) is 0 Å². The Kier molecular flexibility index (Phi) is 5.64. The summed E-state index contributed by atoms with van der Waals surface area (Å²) in [6, 6.07) is 4.39. The fourth-order valence-corrected chi connectivity index (χ4v) is 4.52. The van der Waals surface area contributed by atoms with Gasteiger partial charge < -0.3 is 9.64 Å². The second-order valence-electron chi connectivity index (χ2n) is 7.52. The first-order valence-electron chi connectivity index (χ1n) is 9.48. The molecule has 2 fully saturated rings. The molecule has 1 aromatic rings. The third-order valence-corrected chi connectivity index (χ3v) is 5.83. The Morgan fingerprint density at radius 1 is 1.32 bits per heavy atom. The maximum atomic E-state index is 13.1. The molecule has 0 bridgehead atoms. The number of carbonyl (C=O) groups excluding carboxylic acids is 1. The molecule has 1 amide bonds. The van der Waals surface area contributed by atoms with Gasteiger partial charge in [0.1, 0.15) is 5.75 Å². The van der Waals surface area contributed by atoms with Gasteiger partial charge in [0.25, 0.3) is 5.91 Å². The molecule has 2 aliphatic heterocycles. The third-order valence-electron chi connectivity index (χ3n) is 5.83. The monoisotopic (exact) mass is 345 g/mol.